The van der Waals surface area contributed by atoms with Crippen LogP contribution in [0, 0.1) is 5.92 Å². The molecule has 2 aromatic carbocycles. The van der Waals surface area contributed by atoms with Crippen LogP contribution in [0.25, 0.3) is 0 Å². The maximum Gasteiger partial charge on any atom is 0.251 e. The van der Waals surface area contributed by atoms with E-state index >= 15 is 0 Å². The van der Waals surface area contributed by atoms with Gasteiger partial charge in [0.25, 0.3) is 5.91 Å². The molecule has 1 heterocycles. The van der Waals surface area contributed by atoms with Gasteiger partial charge >= 0.3 is 0 Å². The molecule has 146 valence electrons. The molecule has 2 aliphatic rings. The summed E-state index contributed by atoms with van der Waals surface area (Å²) in [6, 6.07) is 16.3. The Balaban J connectivity index is 1.28. The number of morpholine rings is 1. The number of amides is 2. The van der Waals surface area contributed by atoms with Gasteiger partial charge in [0, 0.05) is 31.1 Å². The van der Waals surface area contributed by atoms with Gasteiger partial charge in [0.1, 0.15) is 5.75 Å². The Morgan fingerprint density at radius 2 is 1.86 bits per heavy atom. The second-order valence-electron chi connectivity index (χ2n) is 7.39. The zero-order chi connectivity index (χ0) is 19.5. The lowest BCUT2D eigenvalue weighted by Gasteiger charge is -2.33. The van der Waals surface area contributed by atoms with E-state index in [1.54, 1.807) is 12.1 Å². The van der Waals surface area contributed by atoms with Gasteiger partial charge in [0.05, 0.1) is 12.7 Å². The number of rotatable bonds is 5. The van der Waals surface area contributed by atoms with E-state index in [0.29, 0.717) is 37.7 Å². The minimum Gasteiger partial charge on any atom is -0.508 e. The van der Waals surface area contributed by atoms with Gasteiger partial charge in [-0.15, -0.1) is 0 Å². The fourth-order valence-electron chi connectivity index (χ4n) is 3.74. The third-order valence-corrected chi connectivity index (χ3v) is 5.41. The first-order valence-electron chi connectivity index (χ1n) is 9.64. The molecule has 0 radical (unpaired) electrons. The predicted molar refractivity (Wildman–Crippen MR) is 104 cm³/mol. The summed E-state index contributed by atoms with van der Waals surface area (Å²) in [6.45, 7) is 1.91. The van der Waals surface area contributed by atoms with Crippen LogP contribution in [0.5, 0.6) is 5.75 Å². The standard InChI is InChI=1S/C22H24N2O4/c25-17-8-6-16(7-9-17)21(26)23-13-18-14-24(10-11-28-18)22(27)20-12-19(20)15-4-2-1-3-5-15/h1-9,18-20,25H,10-14H2,(H,23,26). The molecule has 3 atom stereocenters. The van der Waals surface area contributed by atoms with Gasteiger partial charge in [-0.3, -0.25) is 9.59 Å². The minimum absolute atomic E-state index is 0.0627. The Labute approximate surface area is 164 Å². The van der Waals surface area contributed by atoms with Crippen molar-refractivity contribution in [2.75, 3.05) is 26.2 Å². The minimum atomic E-state index is -0.224. The topological polar surface area (TPSA) is 78.9 Å². The third-order valence-electron chi connectivity index (χ3n) is 5.41. The first-order chi connectivity index (χ1) is 13.6. The van der Waals surface area contributed by atoms with Crippen LogP contribution in [0.4, 0.5) is 0 Å². The fourth-order valence-corrected chi connectivity index (χ4v) is 3.74. The van der Waals surface area contributed by atoms with Crippen molar-refractivity contribution < 1.29 is 19.4 Å². The average Bonchev–Trinajstić information content (AvgIpc) is 3.54. The Morgan fingerprint density at radius 3 is 2.61 bits per heavy atom. The van der Waals surface area contributed by atoms with Gasteiger partial charge in [-0.1, -0.05) is 30.3 Å². The van der Waals surface area contributed by atoms with Crippen LogP contribution in [0.15, 0.2) is 54.6 Å². The molecule has 1 saturated heterocycles. The van der Waals surface area contributed by atoms with E-state index in [4.69, 9.17) is 4.74 Å². The molecular weight excluding hydrogens is 356 g/mol. The molecular formula is C22H24N2O4. The van der Waals surface area contributed by atoms with E-state index in [-0.39, 0.29) is 29.6 Å². The molecule has 0 bridgehead atoms. The molecule has 2 amide bonds. The molecule has 1 saturated carbocycles. The zero-order valence-corrected chi connectivity index (χ0v) is 15.6. The quantitative estimate of drug-likeness (QED) is 0.833. The Kier molecular flexibility index (Phi) is 5.30. The SMILES string of the molecule is O=C(NCC1CN(C(=O)C2CC2c2ccccc2)CCO1)c1ccc(O)cc1. The summed E-state index contributed by atoms with van der Waals surface area (Å²) >= 11 is 0. The predicted octanol–water partition coefficient (Wildman–Crippen LogP) is 2.15. The monoisotopic (exact) mass is 380 g/mol. The number of ether oxygens (including phenoxy) is 1. The lowest BCUT2D eigenvalue weighted by Crippen LogP contribution is -2.50. The van der Waals surface area contributed by atoms with Gasteiger partial charge in [-0.05, 0) is 42.2 Å². The number of phenolic OH excluding ortho intramolecular Hbond substituents is 1. The van der Waals surface area contributed by atoms with Gasteiger partial charge in [0.15, 0.2) is 0 Å². The summed E-state index contributed by atoms with van der Waals surface area (Å²) in [5.41, 5.74) is 1.71. The smallest absolute Gasteiger partial charge is 0.251 e. The van der Waals surface area contributed by atoms with E-state index in [0.717, 1.165) is 6.42 Å². The van der Waals surface area contributed by atoms with Crippen LogP contribution in [0.1, 0.15) is 28.3 Å². The molecule has 0 aromatic heterocycles. The fraction of sp³-hybridized carbons (Fsp3) is 0.364. The Morgan fingerprint density at radius 1 is 1.11 bits per heavy atom. The van der Waals surface area contributed by atoms with Gasteiger partial charge < -0.3 is 20.1 Å². The normalized spacial score (nSPS) is 23.9. The van der Waals surface area contributed by atoms with Crippen molar-refractivity contribution >= 4 is 11.8 Å². The van der Waals surface area contributed by atoms with Crippen molar-refractivity contribution in [1.29, 1.82) is 0 Å². The summed E-state index contributed by atoms with van der Waals surface area (Å²) in [4.78, 5) is 26.9. The van der Waals surface area contributed by atoms with E-state index < -0.39 is 0 Å². The highest BCUT2D eigenvalue weighted by Crippen LogP contribution is 2.48. The lowest BCUT2D eigenvalue weighted by molar-refractivity contribution is -0.140. The number of hydrogen-bond donors (Lipinski definition) is 2. The van der Waals surface area contributed by atoms with Crippen molar-refractivity contribution in [3.63, 3.8) is 0 Å². The average molecular weight is 380 g/mol. The van der Waals surface area contributed by atoms with Crippen LogP contribution in [0.3, 0.4) is 0 Å². The molecule has 6 heteroatoms. The molecule has 28 heavy (non-hydrogen) atoms. The van der Waals surface area contributed by atoms with E-state index in [1.807, 2.05) is 23.1 Å². The number of hydrogen-bond acceptors (Lipinski definition) is 4. The first-order valence-corrected chi connectivity index (χ1v) is 9.64. The lowest BCUT2D eigenvalue weighted by atomic mass is 10.1. The van der Waals surface area contributed by atoms with Crippen molar-refractivity contribution in [2.24, 2.45) is 5.92 Å². The van der Waals surface area contributed by atoms with Crippen LogP contribution in [0.2, 0.25) is 0 Å². The largest absolute Gasteiger partial charge is 0.508 e. The molecule has 6 nitrogen and oxygen atoms in total. The summed E-state index contributed by atoms with van der Waals surface area (Å²) in [5, 5.41) is 12.1. The molecule has 2 aromatic rings. The number of phenols is 1. The van der Waals surface area contributed by atoms with Gasteiger partial charge in [-0.2, -0.15) is 0 Å². The molecule has 2 fully saturated rings. The molecule has 3 unspecified atom stereocenters. The summed E-state index contributed by atoms with van der Waals surface area (Å²) < 4.78 is 5.73. The van der Waals surface area contributed by atoms with E-state index in [9.17, 15) is 14.7 Å². The molecule has 4 rings (SSSR count). The molecule has 2 N–H and O–H groups in total. The number of carbonyl (C=O) groups is 2. The van der Waals surface area contributed by atoms with Crippen LogP contribution in [-0.4, -0.2) is 54.2 Å². The Bertz CT molecular complexity index is 837. The highest BCUT2D eigenvalue weighted by Gasteiger charge is 2.46. The third kappa shape index (κ3) is 4.17. The van der Waals surface area contributed by atoms with E-state index in [2.05, 4.69) is 17.4 Å². The van der Waals surface area contributed by atoms with Crippen LogP contribution >= 0.6 is 0 Å². The first kappa shape index (κ1) is 18.5. The number of nitrogens with zero attached hydrogens (tertiary/aromatic N) is 1. The van der Waals surface area contributed by atoms with Crippen LogP contribution in [-0.2, 0) is 9.53 Å². The Hall–Kier alpha value is -2.86. The van der Waals surface area contributed by atoms with Crippen molar-refractivity contribution in [2.45, 2.75) is 18.4 Å². The molecule has 1 aliphatic heterocycles. The highest BCUT2D eigenvalue weighted by molar-refractivity contribution is 5.94. The second-order valence-corrected chi connectivity index (χ2v) is 7.39. The summed E-state index contributed by atoms with van der Waals surface area (Å²) in [7, 11) is 0. The van der Waals surface area contributed by atoms with Crippen molar-refractivity contribution in [3.8, 4) is 5.75 Å². The van der Waals surface area contributed by atoms with Crippen LogP contribution < -0.4 is 5.32 Å². The number of benzene rings is 2. The number of carbonyl (C=O) groups excluding carboxylic acids is 2. The second kappa shape index (κ2) is 8.02. The van der Waals surface area contributed by atoms with Crippen molar-refractivity contribution in [1.82, 2.24) is 10.2 Å². The number of nitrogens with one attached hydrogen (secondary N) is 1. The number of aromatic hydroxyl groups is 1. The molecule has 0 spiro atoms. The summed E-state index contributed by atoms with van der Waals surface area (Å²) in [6.07, 6.45) is 0.690. The maximum absolute atomic E-state index is 12.8. The van der Waals surface area contributed by atoms with Gasteiger partial charge in [0.2, 0.25) is 5.91 Å². The molecule has 1 aliphatic carbocycles. The van der Waals surface area contributed by atoms with Gasteiger partial charge in [-0.25, -0.2) is 0 Å². The van der Waals surface area contributed by atoms with Crippen molar-refractivity contribution in [3.05, 3.63) is 65.7 Å². The maximum atomic E-state index is 12.8. The zero-order valence-electron chi connectivity index (χ0n) is 15.6. The highest BCUT2D eigenvalue weighted by atomic mass is 16.5. The van der Waals surface area contributed by atoms with E-state index in [1.165, 1.54) is 17.7 Å². The summed E-state index contributed by atoms with van der Waals surface area (Å²) in [5.74, 6) is 0.470.